The molecule has 0 amide bonds. The Kier molecular flexibility index (Phi) is 32.5. The van der Waals surface area contributed by atoms with Crippen molar-refractivity contribution in [1.29, 1.82) is 0 Å². The summed E-state index contributed by atoms with van der Waals surface area (Å²) < 4.78 is 8.39. The van der Waals surface area contributed by atoms with Crippen molar-refractivity contribution >= 4 is 148 Å². The summed E-state index contributed by atoms with van der Waals surface area (Å²) in [6.45, 7) is 10.1. The number of hydrogen-bond acceptors (Lipinski definition) is 12. The summed E-state index contributed by atoms with van der Waals surface area (Å²) >= 11 is 35.2. The number of aliphatic hydroxyl groups excluding tert-OH is 2. The number of carbonyl (C=O) groups is 2. The zero-order valence-electron chi connectivity index (χ0n) is 52.0. The number of carboxylic acid groups (broad SMARTS) is 2. The van der Waals surface area contributed by atoms with Gasteiger partial charge in [0.15, 0.2) is 0 Å². The number of nitrogens with zero attached hydrogens (tertiary/aromatic N) is 12. The number of unbranched alkanes of at least 4 members (excludes halogenated alkanes) is 2. The van der Waals surface area contributed by atoms with Crippen LogP contribution in [0.1, 0.15) is 88.5 Å². The normalized spacial score (nSPS) is 11.2. The fraction of sp³-hybridized carbons (Fsp3) is 0.531. The minimum absolute atomic E-state index is 0.0714. The van der Waals surface area contributed by atoms with E-state index in [9.17, 15) is 9.59 Å². The molecule has 0 spiro atoms. The molecule has 18 nitrogen and oxygen atoms in total. The van der Waals surface area contributed by atoms with E-state index >= 15 is 0 Å². The van der Waals surface area contributed by atoms with Crippen LogP contribution in [-0.4, -0.2) is 171 Å². The van der Waals surface area contributed by atoms with Crippen LogP contribution in [0.15, 0.2) is 72.8 Å². The van der Waals surface area contributed by atoms with Crippen molar-refractivity contribution in [3.05, 3.63) is 96.1 Å². The van der Waals surface area contributed by atoms with Gasteiger partial charge in [0.05, 0.1) is 57.3 Å². The highest BCUT2D eigenvalue weighted by atomic mass is 35.5. The molecular weight excluding hydrogens is 1250 g/mol. The van der Waals surface area contributed by atoms with Crippen molar-refractivity contribution in [2.75, 3.05) is 120 Å². The van der Waals surface area contributed by atoms with Gasteiger partial charge in [-0.2, -0.15) is 0 Å². The summed E-state index contributed by atoms with van der Waals surface area (Å²) in [7, 11) is 8.06. The van der Waals surface area contributed by atoms with E-state index in [2.05, 4.69) is 86.0 Å². The number of aromatic nitrogens is 8. The average Bonchev–Trinajstić information content (AvgIpc) is 2.86. The smallest absolute Gasteiger partial charge is 0.303 e. The van der Waals surface area contributed by atoms with Crippen LogP contribution in [0.3, 0.4) is 0 Å². The van der Waals surface area contributed by atoms with Gasteiger partial charge >= 0.3 is 11.9 Å². The molecule has 4 N–H and O–H groups in total. The molecule has 24 heteroatoms. The number of anilines is 4. The van der Waals surface area contributed by atoms with E-state index in [4.69, 9.17) is 100.0 Å². The Morgan fingerprint density at radius 2 is 0.614 bits per heavy atom. The molecule has 0 aliphatic heterocycles. The molecule has 484 valence electrons. The summed E-state index contributed by atoms with van der Waals surface area (Å²) in [5, 5.41) is 35.8. The Bertz CT molecular complexity index is 3150. The Morgan fingerprint density at radius 3 is 0.818 bits per heavy atom. The van der Waals surface area contributed by atoms with Crippen molar-refractivity contribution in [1.82, 2.24) is 38.2 Å². The van der Waals surface area contributed by atoms with Crippen LogP contribution in [0.4, 0.5) is 22.7 Å². The molecule has 0 bridgehead atoms. The highest BCUT2D eigenvalue weighted by Gasteiger charge is 2.17. The molecule has 0 fully saturated rings. The molecule has 0 saturated carbocycles. The Hall–Kier alpha value is -5.44. The Morgan fingerprint density at radius 1 is 0.386 bits per heavy atom. The topological polar surface area (TPSA) is 199 Å². The maximum absolute atomic E-state index is 10.6. The predicted octanol–water partition coefficient (Wildman–Crippen LogP) is 12.4. The SMILES string of the molecule is CCCCc1nc2cc(N(CCCl)CCCl)ccc2n1C.CCCCc1nc2cc(N(CCO)CCO)ccc2n1C.Cn1c(CCCC(=O)O)nc2cc(N(CCCl)CCCl)ccc21.Cn1c(CCCC(=O)O)nc2cc(N(CCCl)CCCl)ccc21. The van der Waals surface area contributed by atoms with Crippen LogP contribution in [0.5, 0.6) is 0 Å². The second-order valence-corrected chi connectivity index (χ2v) is 23.5. The summed E-state index contributed by atoms with van der Waals surface area (Å²) in [6, 6.07) is 24.8. The van der Waals surface area contributed by atoms with Crippen LogP contribution in [0.25, 0.3) is 44.1 Å². The van der Waals surface area contributed by atoms with E-state index in [0.717, 1.165) is 150 Å². The molecule has 8 rings (SSSR count). The van der Waals surface area contributed by atoms with Gasteiger partial charge in [0.1, 0.15) is 23.3 Å². The third kappa shape index (κ3) is 21.3. The molecule has 4 aromatic heterocycles. The number of rotatable bonds is 34. The molecule has 0 aliphatic carbocycles. The number of hydrogen-bond donors (Lipinski definition) is 4. The summed E-state index contributed by atoms with van der Waals surface area (Å²) in [5.41, 5.74) is 12.5. The summed E-state index contributed by atoms with van der Waals surface area (Å²) in [5.74, 6) is 5.87. The van der Waals surface area contributed by atoms with Crippen LogP contribution in [0, 0.1) is 0 Å². The zero-order valence-corrected chi connectivity index (χ0v) is 56.5. The van der Waals surface area contributed by atoms with Gasteiger partial charge in [-0.3, -0.25) is 9.59 Å². The second kappa shape index (κ2) is 39.0. The number of aliphatic carboxylic acids is 2. The van der Waals surface area contributed by atoms with E-state index in [1.54, 1.807) is 0 Å². The molecule has 0 unspecified atom stereocenters. The van der Waals surface area contributed by atoms with Crippen LogP contribution >= 0.6 is 69.6 Å². The molecule has 0 saturated heterocycles. The molecular formula is C64H90Cl6N12O6. The van der Waals surface area contributed by atoms with Gasteiger partial charge in [0.25, 0.3) is 0 Å². The largest absolute Gasteiger partial charge is 0.481 e. The Labute approximate surface area is 548 Å². The van der Waals surface area contributed by atoms with Crippen molar-refractivity contribution in [2.45, 2.75) is 90.9 Å². The van der Waals surface area contributed by atoms with Gasteiger partial charge in [-0.25, -0.2) is 19.9 Å². The first-order valence-electron chi connectivity index (χ1n) is 30.4. The van der Waals surface area contributed by atoms with Crippen LogP contribution in [-0.2, 0) is 63.5 Å². The fourth-order valence-electron chi connectivity index (χ4n) is 10.4. The second-order valence-electron chi connectivity index (χ2n) is 21.3. The number of halogens is 6. The first kappa shape index (κ1) is 73.3. The number of fused-ring (bicyclic) bond motifs is 4. The number of imidazole rings is 4. The molecule has 8 aromatic rings. The summed E-state index contributed by atoms with van der Waals surface area (Å²) in [4.78, 5) is 48.5. The third-order valence-electron chi connectivity index (χ3n) is 15.2. The van der Waals surface area contributed by atoms with Gasteiger partial charge in [-0.1, -0.05) is 26.7 Å². The minimum Gasteiger partial charge on any atom is -0.481 e. The first-order chi connectivity index (χ1) is 42.5. The molecule has 0 radical (unpaired) electrons. The maximum atomic E-state index is 10.6. The third-order valence-corrected chi connectivity index (χ3v) is 16.3. The van der Waals surface area contributed by atoms with Crippen LogP contribution < -0.4 is 19.6 Å². The lowest BCUT2D eigenvalue weighted by atomic mass is 10.2. The van der Waals surface area contributed by atoms with Gasteiger partial charge in [-0.05, 0) is 98.5 Å². The summed E-state index contributed by atoms with van der Waals surface area (Å²) in [6.07, 6.45) is 9.50. The monoisotopic (exact) mass is 1330 g/mol. The number of benzene rings is 4. The number of aliphatic hydroxyl groups is 2. The number of carboxylic acids is 2. The number of aryl methyl sites for hydroxylation is 8. The van der Waals surface area contributed by atoms with Crippen molar-refractivity contribution in [3.63, 3.8) is 0 Å². The Balaban J connectivity index is 0.000000214. The lowest BCUT2D eigenvalue weighted by Crippen LogP contribution is -2.29. The van der Waals surface area contributed by atoms with Crippen molar-refractivity contribution in [2.24, 2.45) is 28.2 Å². The lowest BCUT2D eigenvalue weighted by molar-refractivity contribution is -0.138. The van der Waals surface area contributed by atoms with Gasteiger partial charge in [0.2, 0.25) is 0 Å². The first-order valence-corrected chi connectivity index (χ1v) is 33.6. The van der Waals surface area contributed by atoms with Gasteiger partial charge < -0.3 is 58.3 Å². The minimum atomic E-state index is -0.774. The molecule has 0 atom stereocenters. The molecule has 4 aromatic carbocycles. The van der Waals surface area contributed by atoms with Gasteiger partial charge in [0, 0.05) is 177 Å². The van der Waals surface area contributed by atoms with E-state index in [1.165, 1.54) is 18.4 Å². The zero-order chi connectivity index (χ0) is 64.1. The highest BCUT2D eigenvalue weighted by Crippen LogP contribution is 2.28. The highest BCUT2D eigenvalue weighted by molar-refractivity contribution is 6.19. The maximum Gasteiger partial charge on any atom is 0.303 e. The average molecular weight is 1340 g/mol. The van der Waals surface area contributed by atoms with E-state index in [1.807, 2.05) is 76.7 Å². The van der Waals surface area contributed by atoms with Crippen LogP contribution in [0.2, 0.25) is 0 Å². The molecule has 0 aliphatic rings. The standard InChI is InChI=1S/2C16H21Cl2N3O2.C16H23Cl2N3.C16H25N3O2/c2*1-20-14-6-5-12(21(9-7-17)10-8-18)11-13(14)19-15(20)3-2-4-16(22)23;1-3-4-5-16-19-14-12-13(6-7-15(14)20(16)2)21(10-8-17)11-9-18;1-3-4-5-16-17-14-12-13(6-7-15(14)18(16)2)19(8-10-20)9-11-21/h2*5-6,11H,2-4,7-10H2,1H3,(H,22,23);6-7,12H,3-5,8-11H2,1-2H3;6-7,12,20-21H,3-5,8-11H2,1-2H3. The number of alkyl halides is 6. The molecule has 88 heavy (non-hydrogen) atoms. The van der Waals surface area contributed by atoms with Crippen molar-refractivity contribution in [3.8, 4) is 0 Å². The fourth-order valence-corrected chi connectivity index (χ4v) is 11.7. The van der Waals surface area contributed by atoms with Gasteiger partial charge in [-0.15, -0.1) is 69.6 Å². The van der Waals surface area contributed by atoms with E-state index in [0.29, 0.717) is 74.1 Å². The van der Waals surface area contributed by atoms with E-state index in [-0.39, 0.29) is 26.1 Å². The van der Waals surface area contributed by atoms with Crippen molar-refractivity contribution < 1.29 is 30.0 Å². The molecule has 4 heterocycles. The van der Waals surface area contributed by atoms with E-state index < -0.39 is 11.9 Å². The predicted molar refractivity (Wildman–Crippen MR) is 369 cm³/mol. The quantitative estimate of drug-likeness (QED) is 0.0278. The lowest BCUT2D eigenvalue weighted by Gasteiger charge is -2.22.